The lowest BCUT2D eigenvalue weighted by Crippen LogP contribution is -2.24. The molecule has 1 amide bonds. The van der Waals surface area contributed by atoms with Gasteiger partial charge in [0.15, 0.2) is 11.6 Å². The summed E-state index contributed by atoms with van der Waals surface area (Å²) in [4.78, 5) is 31.9. The molecule has 1 N–H and O–H groups in total. The molecule has 0 aliphatic rings. The largest absolute Gasteiger partial charge is 0.484 e. The molecule has 2 aromatic carbocycles. The van der Waals surface area contributed by atoms with Gasteiger partial charge in [0.25, 0.3) is 0 Å². The average molecular weight is 563 g/mol. The molecule has 0 saturated carbocycles. The van der Waals surface area contributed by atoms with Gasteiger partial charge in [-0.15, -0.1) is 11.3 Å². The average Bonchev–Trinajstić information content (AvgIpc) is 3.34. The number of methoxy groups -OCH3 is 1. The van der Waals surface area contributed by atoms with Crippen molar-refractivity contribution in [2.75, 3.05) is 38.0 Å². The lowest BCUT2D eigenvalue weighted by Gasteiger charge is -2.16. The molecule has 3 heterocycles. The van der Waals surface area contributed by atoms with Crippen molar-refractivity contribution in [3.05, 3.63) is 60.2 Å². The minimum atomic E-state index is -0.663. The molecule has 12 heteroatoms. The van der Waals surface area contributed by atoms with Crippen LogP contribution in [0.3, 0.4) is 0 Å². The van der Waals surface area contributed by atoms with Crippen LogP contribution >= 0.6 is 11.3 Å². The highest BCUT2D eigenvalue weighted by molar-refractivity contribution is 7.21. The van der Waals surface area contributed by atoms with Crippen molar-refractivity contribution in [1.82, 2.24) is 19.9 Å². The van der Waals surface area contributed by atoms with E-state index in [0.717, 1.165) is 21.6 Å². The number of anilines is 2. The fourth-order valence-electron chi connectivity index (χ4n) is 3.97. The van der Waals surface area contributed by atoms with Crippen LogP contribution in [-0.2, 0) is 4.74 Å². The van der Waals surface area contributed by atoms with Gasteiger partial charge in [0.2, 0.25) is 5.88 Å². The van der Waals surface area contributed by atoms with Crippen molar-refractivity contribution in [1.29, 1.82) is 0 Å². The molecule has 0 unspecified atom stereocenters. The number of nitrogens with zero attached hydrogens (tertiary/aromatic N) is 5. The lowest BCUT2D eigenvalue weighted by atomic mass is 10.1. The third kappa shape index (κ3) is 5.86. The number of thiazole rings is 1. The molecule has 0 radical (unpaired) electrons. The number of benzene rings is 2. The Morgan fingerprint density at radius 2 is 1.93 bits per heavy atom. The normalized spacial score (nSPS) is 11.8. The molecule has 40 heavy (non-hydrogen) atoms. The van der Waals surface area contributed by atoms with Crippen LogP contribution in [0.2, 0.25) is 0 Å². The van der Waals surface area contributed by atoms with Crippen LogP contribution in [0.1, 0.15) is 12.5 Å². The first-order valence-electron chi connectivity index (χ1n) is 12.4. The Morgan fingerprint density at radius 3 is 2.65 bits per heavy atom. The number of hydrogen-bond donors (Lipinski definition) is 1. The number of halogens is 1. The Hall–Kier alpha value is -4.58. The highest BCUT2D eigenvalue weighted by atomic mass is 32.1. The van der Waals surface area contributed by atoms with Crippen LogP contribution in [0.4, 0.5) is 20.7 Å². The number of rotatable bonds is 8. The molecule has 3 aromatic heterocycles. The first-order chi connectivity index (χ1) is 19.2. The summed E-state index contributed by atoms with van der Waals surface area (Å²) >= 11 is 1.39. The second kappa shape index (κ2) is 11.3. The fraction of sp³-hybridized carbons (Fsp3) is 0.250. The van der Waals surface area contributed by atoms with E-state index < -0.39 is 18.0 Å². The van der Waals surface area contributed by atoms with E-state index >= 15 is 0 Å². The SMILES string of the molecule is COc1cnc2c(-c3nc4cc(F)c(O[C@@H](C)COC(=O)Nc5ccc(N(C)C)nc5)cc4s3)cc(C)cc2n1. The second-order valence-corrected chi connectivity index (χ2v) is 10.3. The van der Waals surface area contributed by atoms with E-state index in [1.165, 1.54) is 23.6 Å². The number of fused-ring (bicyclic) bond motifs is 2. The third-order valence-corrected chi connectivity index (χ3v) is 6.93. The first-order valence-corrected chi connectivity index (χ1v) is 13.2. The molecule has 0 spiro atoms. The molecule has 10 nitrogen and oxygen atoms in total. The molecule has 0 aliphatic heterocycles. The van der Waals surface area contributed by atoms with Gasteiger partial charge in [-0.05, 0) is 43.7 Å². The van der Waals surface area contributed by atoms with Gasteiger partial charge in [0, 0.05) is 31.8 Å². The van der Waals surface area contributed by atoms with E-state index in [4.69, 9.17) is 14.2 Å². The summed E-state index contributed by atoms with van der Waals surface area (Å²) < 4.78 is 31.9. The topological polar surface area (TPSA) is 112 Å². The monoisotopic (exact) mass is 562 g/mol. The van der Waals surface area contributed by atoms with Gasteiger partial charge in [0.05, 0.1) is 46.4 Å². The summed E-state index contributed by atoms with van der Waals surface area (Å²) in [5, 5.41) is 3.29. The number of ether oxygens (including phenoxy) is 3. The number of carbonyl (C=O) groups is 1. The molecule has 0 aliphatic carbocycles. The lowest BCUT2D eigenvalue weighted by molar-refractivity contribution is 0.0969. The first kappa shape index (κ1) is 27.0. The molecular weight excluding hydrogens is 535 g/mol. The zero-order valence-corrected chi connectivity index (χ0v) is 23.4. The van der Waals surface area contributed by atoms with E-state index in [1.54, 1.807) is 38.4 Å². The van der Waals surface area contributed by atoms with Crippen LogP contribution in [0, 0.1) is 12.7 Å². The number of hydrogen-bond acceptors (Lipinski definition) is 10. The van der Waals surface area contributed by atoms with Crippen molar-refractivity contribution in [3.8, 4) is 22.2 Å². The van der Waals surface area contributed by atoms with Crippen LogP contribution in [0.15, 0.2) is 48.8 Å². The Balaban J connectivity index is 1.28. The highest BCUT2D eigenvalue weighted by Gasteiger charge is 2.18. The Labute approximate surface area is 233 Å². The molecule has 0 saturated heterocycles. The van der Waals surface area contributed by atoms with E-state index in [-0.39, 0.29) is 12.4 Å². The summed E-state index contributed by atoms with van der Waals surface area (Å²) in [5.41, 5.74) is 4.14. The van der Waals surface area contributed by atoms with Crippen LogP contribution in [0.25, 0.3) is 31.8 Å². The maximum absolute atomic E-state index is 14.9. The summed E-state index contributed by atoms with van der Waals surface area (Å²) in [6.07, 6.45) is 1.82. The molecule has 0 fully saturated rings. The van der Waals surface area contributed by atoms with Gasteiger partial charge in [-0.1, -0.05) is 0 Å². The van der Waals surface area contributed by atoms with Crippen molar-refractivity contribution in [2.45, 2.75) is 20.0 Å². The van der Waals surface area contributed by atoms with Gasteiger partial charge in [-0.25, -0.2) is 29.1 Å². The van der Waals surface area contributed by atoms with Crippen molar-refractivity contribution in [2.24, 2.45) is 0 Å². The van der Waals surface area contributed by atoms with Gasteiger partial charge in [-0.3, -0.25) is 5.32 Å². The van der Waals surface area contributed by atoms with Gasteiger partial charge in [0.1, 0.15) is 23.5 Å². The van der Waals surface area contributed by atoms with Crippen molar-refractivity contribution < 1.29 is 23.4 Å². The molecule has 5 aromatic rings. The fourth-order valence-corrected chi connectivity index (χ4v) is 4.96. The Bertz CT molecular complexity index is 1690. The number of aromatic nitrogens is 4. The maximum Gasteiger partial charge on any atom is 0.411 e. The van der Waals surface area contributed by atoms with Crippen LogP contribution in [0.5, 0.6) is 11.6 Å². The van der Waals surface area contributed by atoms with Crippen molar-refractivity contribution in [3.63, 3.8) is 0 Å². The highest BCUT2D eigenvalue weighted by Crippen LogP contribution is 2.37. The quantitative estimate of drug-likeness (QED) is 0.249. The van der Waals surface area contributed by atoms with Gasteiger partial charge >= 0.3 is 6.09 Å². The molecular formula is C28H27FN6O4S. The Morgan fingerprint density at radius 1 is 1.10 bits per heavy atom. The summed E-state index contributed by atoms with van der Waals surface area (Å²) in [6, 6.07) is 10.3. The third-order valence-electron chi connectivity index (χ3n) is 5.88. The summed E-state index contributed by atoms with van der Waals surface area (Å²) in [7, 11) is 5.29. The van der Waals surface area contributed by atoms with Gasteiger partial charge < -0.3 is 19.1 Å². The minimum absolute atomic E-state index is 0.0429. The smallest absolute Gasteiger partial charge is 0.411 e. The zero-order valence-electron chi connectivity index (χ0n) is 22.6. The zero-order chi connectivity index (χ0) is 28.4. The second-order valence-electron chi connectivity index (χ2n) is 9.31. The van der Waals surface area contributed by atoms with E-state index in [0.29, 0.717) is 33.1 Å². The summed E-state index contributed by atoms with van der Waals surface area (Å²) in [6.45, 7) is 3.57. The Kier molecular flexibility index (Phi) is 7.60. The molecule has 1 atom stereocenters. The van der Waals surface area contributed by atoms with E-state index in [1.807, 2.05) is 38.1 Å². The number of nitrogens with one attached hydrogen (secondary N) is 1. The molecule has 0 bridgehead atoms. The van der Waals surface area contributed by atoms with Crippen molar-refractivity contribution >= 4 is 50.2 Å². The number of carbonyl (C=O) groups excluding carboxylic acids is 1. The molecule has 5 rings (SSSR count). The predicted octanol–water partition coefficient (Wildman–Crippen LogP) is 5.84. The molecule has 206 valence electrons. The standard InChI is InChI=1S/C28H27FN6O4S/c1-15-8-18(26-21(9-15)33-25(37-5)13-31-26)27-34-20-10-19(29)22(11-23(20)40-27)39-16(2)14-38-28(36)32-17-6-7-24(30-12-17)35(3)4/h6-13,16H,14H2,1-5H3,(H,32,36)/t16-/m0/s1. The number of pyridine rings is 1. The van der Waals surface area contributed by atoms with E-state index in [2.05, 4.69) is 25.3 Å². The van der Waals surface area contributed by atoms with Crippen LogP contribution in [-0.4, -0.2) is 59.9 Å². The number of aryl methyl sites for hydroxylation is 1. The maximum atomic E-state index is 14.9. The number of amides is 1. The van der Waals surface area contributed by atoms with Gasteiger partial charge in [-0.2, -0.15) is 0 Å². The van der Waals surface area contributed by atoms with E-state index in [9.17, 15) is 9.18 Å². The summed E-state index contributed by atoms with van der Waals surface area (Å²) in [5.74, 6) is 0.658. The predicted molar refractivity (Wildman–Crippen MR) is 153 cm³/mol. The minimum Gasteiger partial charge on any atom is -0.484 e. The van der Waals surface area contributed by atoms with Crippen LogP contribution < -0.4 is 19.7 Å².